The first-order valence-electron chi connectivity index (χ1n) is 5.24. The topological polar surface area (TPSA) is 115 Å². The standard InChI is InChI=1S/C10H10BrN3O5/c1-2-7(11)10(15)12-8-4-3-6(13(16)17)5-9(8)14(18)19/h3-5,7H,2H2,1H3,(H,12,15). The van der Waals surface area contributed by atoms with E-state index in [1.54, 1.807) is 6.92 Å². The van der Waals surface area contributed by atoms with Crippen LogP contribution in [0.5, 0.6) is 0 Å². The highest BCUT2D eigenvalue weighted by Gasteiger charge is 2.22. The number of nitrogens with zero attached hydrogens (tertiary/aromatic N) is 2. The lowest BCUT2D eigenvalue weighted by molar-refractivity contribution is -0.393. The minimum Gasteiger partial charge on any atom is -0.319 e. The second-order valence-corrected chi connectivity index (χ2v) is 4.69. The van der Waals surface area contributed by atoms with Crippen molar-refractivity contribution < 1.29 is 14.6 Å². The van der Waals surface area contributed by atoms with E-state index >= 15 is 0 Å². The Kier molecular flexibility index (Phi) is 4.93. The summed E-state index contributed by atoms with van der Waals surface area (Å²) < 4.78 is 0. The maximum atomic E-state index is 11.6. The van der Waals surface area contributed by atoms with Gasteiger partial charge in [0.1, 0.15) is 5.69 Å². The third-order valence-corrected chi connectivity index (χ3v) is 3.35. The number of carbonyl (C=O) groups is 1. The fourth-order valence-electron chi connectivity index (χ4n) is 1.29. The van der Waals surface area contributed by atoms with Gasteiger partial charge in [-0.1, -0.05) is 22.9 Å². The van der Waals surface area contributed by atoms with E-state index in [1.807, 2.05) is 0 Å². The highest BCUT2D eigenvalue weighted by molar-refractivity contribution is 9.10. The van der Waals surface area contributed by atoms with Crippen molar-refractivity contribution in [3.05, 3.63) is 38.4 Å². The lowest BCUT2D eigenvalue weighted by Crippen LogP contribution is -2.22. The van der Waals surface area contributed by atoms with Gasteiger partial charge in [0.2, 0.25) is 5.91 Å². The molecule has 0 bridgehead atoms. The van der Waals surface area contributed by atoms with Crippen LogP contribution in [0.1, 0.15) is 13.3 Å². The van der Waals surface area contributed by atoms with E-state index in [1.165, 1.54) is 0 Å². The first kappa shape index (κ1) is 15.0. The molecule has 102 valence electrons. The van der Waals surface area contributed by atoms with Gasteiger partial charge in [-0.2, -0.15) is 0 Å². The molecule has 0 aromatic heterocycles. The molecule has 1 atom stereocenters. The van der Waals surface area contributed by atoms with E-state index < -0.39 is 32.0 Å². The van der Waals surface area contributed by atoms with Crippen LogP contribution in [0, 0.1) is 20.2 Å². The highest BCUT2D eigenvalue weighted by Crippen LogP contribution is 2.29. The zero-order chi connectivity index (χ0) is 14.6. The fraction of sp³-hybridized carbons (Fsp3) is 0.300. The Morgan fingerprint density at radius 1 is 1.37 bits per heavy atom. The van der Waals surface area contributed by atoms with E-state index in [0.717, 1.165) is 18.2 Å². The van der Waals surface area contributed by atoms with E-state index in [0.29, 0.717) is 6.42 Å². The van der Waals surface area contributed by atoms with E-state index in [9.17, 15) is 25.0 Å². The number of hydrogen-bond acceptors (Lipinski definition) is 5. The van der Waals surface area contributed by atoms with Crippen LogP contribution in [-0.4, -0.2) is 20.6 Å². The Hall–Kier alpha value is -2.03. The molecule has 0 fully saturated rings. The summed E-state index contributed by atoms with van der Waals surface area (Å²) in [4.78, 5) is 31.0. The quantitative estimate of drug-likeness (QED) is 0.505. The van der Waals surface area contributed by atoms with E-state index in [-0.39, 0.29) is 5.69 Å². The van der Waals surface area contributed by atoms with Gasteiger partial charge in [-0.15, -0.1) is 0 Å². The molecule has 1 amide bonds. The summed E-state index contributed by atoms with van der Waals surface area (Å²) in [6.07, 6.45) is 0.507. The first-order chi connectivity index (χ1) is 8.86. The lowest BCUT2D eigenvalue weighted by atomic mass is 10.2. The molecule has 0 spiro atoms. The molecule has 1 unspecified atom stereocenters. The molecule has 0 aliphatic heterocycles. The van der Waals surface area contributed by atoms with Gasteiger partial charge in [0.05, 0.1) is 20.7 Å². The van der Waals surface area contributed by atoms with E-state index in [4.69, 9.17) is 0 Å². The number of nitro groups is 2. The monoisotopic (exact) mass is 331 g/mol. The maximum Gasteiger partial charge on any atom is 0.299 e. The number of halogens is 1. The van der Waals surface area contributed by atoms with Crippen molar-refractivity contribution in [3.8, 4) is 0 Å². The Bertz CT molecular complexity index is 534. The molecule has 1 aromatic carbocycles. The summed E-state index contributed by atoms with van der Waals surface area (Å²) >= 11 is 3.11. The number of amides is 1. The number of anilines is 1. The van der Waals surface area contributed by atoms with Crippen LogP contribution in [-0.2, 0) is 4.79 Å². The van der Waals surface area contributed by atoms with Gasteiger partial charge in [0.15, 0.2) is 0 Å². The highest BCUT2D eigenvalue weighted by atomic mass is 79.9. The molecular formula is C10H10BrN3O5. The van der Waals surface area contributed by atoms with Gasteiger partial charge < -0.3 is 5.32 Å². The van der Waals surface area contributed by atoms with Crippen molar-refractivity contribution in [1.29, 1.82) is 0 Å². The predicted molar refractivity (Wildman–Crippen MR) is 71.4 cm³/mol. The largest absolute Gasteiger partial charge is 0.319 e. The fourth-order valence-corrected chi connectivity index (χ4v) is 1.40. The Labute approximate surface area is 116 Å². The van der Waals surface area contributed by atoms with Gasteiger partial charge >= 0.3 is 0 Å². The zero-order valence-electron chi connectivity index (χ0n) is 9.83. The van der Waals surface area contributed by atoms with Gasteiger partial charge in [-0.3, -0.25) is 25.0 Å². The molecule has 9 heteroatoms. The number of hydrogen-bond donors (Lipinski definition) is 1. The van der Waals surface area contributed by atoms with Crippen LogP contribution in [0.15, 0.2) is 18.2 Å². The predicted octanol–water partition coefficient (Wildman–Crippen LogP) is 2.62. The van der Waals surface area contributed by atoms with Crippen molar-refractivity contribution in [2.45, 2.75) is 18.2 Å². The molecule has 0 aliphatic carbocycles. The molecule has 1 aromatic rings. The SMILES string of the molecule is CCC(Br)C(=O)Nc1ccc([N+](=O)[O-])cc1[N+](=O)[O-]. The number of nitrogens with one attached hydrogen (secondary N) is 1. The number of rotatable bonds is 5. The number of carbonyl (C=O) groups excluding carboxylic acids is 1. The van der Waals surface area contributed by atoms with Crippen molar-refractivity contribution in [1.82, 2.24) is 0 Å². The van der Waals surface area contributed by atoms with Crippen LogP contribution < -0.4 is 5.32 Å². The summed E-state index contributed by atoms with van der Waals surface area (Å²) in [5.41, 5.74) is -0.993. The van der Waals surface area contributed by atoms with Crippen LogP contribution in [0.3, 0.4) is 0 Å². The second-order valence-electron chi connectivity index (χ2n) is 3.58. The van der Waals surface area contributed by atoms with Gasteiger partial charge in [0.25, 0.3) is 11.4 Å². The molecule has 19 heavy (non-hydrogen) atoms. The zero-order valence-corrected chi connectivity index (χ0v) is 11.4. The smallest absolute Gasteiger partial charge is 0.299 e. The average molecular weight is 332 g/mol. The van der Waals surface area contributed by atoms with Crippen molar-refractivity contribution in [3.63, 3.8) is 0 Å². The minimum atomic E-state index is -0.780. The summed E-state index contributed by atoms with van der Waals surface area (Å²) in [6, 6.07) is 3.05. The second kappa shape index (κ2) is 6.23. The Morgan fingerprint density at radius 3 is 2.47 bits per heavy atom. The molecule has 0 heterocycles. The summed E-state index contributed by atoms with van der Waals surface area (Å²) in [6.45, 7) is 1.77. The minimum absolute atomic E-state index is 0.0708. The number of nitro benzene ring substituents is 2. The summed E-state index contributed by atoms with van der Waals surface area (Å²) in [5.74, 6) is -0.445. The third kappa shape index (κ3) is 3.71. The van der Waals surface area contributed by atoms with E-state index in [2.05, 4.69) is 21.2 Å². The maximum absolute atomic E-state index is 11.6. The van der Waals surface area contributed by atoms with Crippen LogP contribution in [0.25, 0.3) is 0 Å². The van der Waals surface area contributed by atoms with Crippen molar-refractivity contribution in [2.75, 3.05) is 5.32 Å². The number of non-ortho nitro benzene ring substituents is 1. The number of benzene rings is 1. The average Bonchev–Trinajstić information content (AvgIpc) is 2.37. The molecule has 1 rings (SSSR count). The number of alkyl halides is 1. The first-order valence-corrected chi connectivity index (χ1v) is 6.16. The molecular weight excluding hydrogens is 322 g/mol. The lowest BCUT2D eigenvalue weighted by Gasteiger charge is -2.08. The molecule has 8 nitrogen and oxygen atoms in total. The Balaban J connectivity index is 3.10. The Morgan fingerprint density at radius 2 is 2.00 bits per heavy atom. The van der Waals surface area contributed by atoms with Gasteiger partial charge in [-0.05, 0) is 12.5 Å². The molecule has 1 N–H and O–H groups in total. The molecule has 0 aliphatic rings. The molecule has 0 radical (unpaired) electrons. The van der Waals surface area contributed by atoms with Crippen LogP contribution >= 0.6 is 15.9 Å². The normalized spacial score (nSPS) is 11.7. The third-order valence-electron chi connectivity index (χ3n) is 2.29. The molecule has 0 saturated heterocycles. The van der Waals surface area contributed by atoms with Crippen LogP contribution in [0.2, 0.25) is 0 Å². The van der Waals surface area contributed by atoms with Gasteiger partial charge in [0, 0.05) is 6.07 Å². The molecule has 0 saturated carbocycles. The van der Waals surface area contributed by atoms with Crippen molar-refractivity contribution >= 4 is 38.9 Å². The van der Waals surface area contributed by atoms with Crippen LogP contribution in [0.4, 0.5) is 17.1 Å². The summed E-state index contributed by atoms with van der Waals surface area (Å²) in [7, 11) is 0. The van der Waals surface area contributed by atoms with Crippen molar-refractivity contribution in [2.24, 2.45) is 0 Å². The van der Waals surface area contributed by atoms with Gasteiger partial charge in [-0.25, -0.2) is 0 Å². The summed E-state index contributed by atoms with van der Waals surface area (Å²) in [5, 5.41) is 23.7.